The fourth-order valence-corrected chi connectivity index (χ4v) is 5.53. The predicted molar refractivity (Wildman–Crippen MR) is 137 cm³/mol. The molecule has 5 rings (SSSR count). The van der Waals surface area contributed by atoms with E-state index in [-0.39, 0.29) is 23.2 Å². The number of ether oxygens (including phenoxy) is 1. The molecule has 38 heavy (non-hydrogen) atoms. The minimum Gasteiger partial charge on any atom is -0.362 e. The van der Waals surface area contributed by atoms with Gasteiger partial charge in [-0.1, -0.05) is 22.9 Å². The van der Waals surface area contributed by atoms with Gasteiger partial charge in [0, 0.05) is 19.6 Å². The smallest absolute Gasteiger partial charge is 0.290 e. The second-order valence-electron chi connectivity index (χ2n) is 9.50. The average Bonchev–Trinajstić information content (AvgIpc) is 3.32. The minimum absolute atomic E-state index is 0.0835. The Morgan fingerprint density at radius 1 is 1.32 bits per heavy atom. The molecule has 204 valence electrons. The van der Waals surface area contributed by atoms with Crippen molar-refractivity contribution < 1.29 is 21.7 Å². The number of rotatable bonds is 7. The van der Waals surface area contributed by atoms with Gasteiger partial charge < -0.3 is 9.64 Å². The fourth-order valence-electron chi connectivity index (χ4n) is 4.93. The first kappa shape index (κ1) is 26.7. The molecule has 0 saturated carbocycles. The lowest BCUT2D eigenvalue weighted by atomic mass is 10.0. The maximum atomic E-state index is 14.0. The molecule has 4 heterocycles. The molecule has 2 atom stereocenters. The summed E-state index contributed by atoms with van der Waals surface area (Å²) in [4.78, 5) is 14.9. The number of hydrogen-bond acceptors (Lipinski definition) is 9. The molecule has 14 heteroatoms. The third kappa shape index (κ3) is 5.46. The van der Waals surface area contributed by atoms with Crippen molar-refractivity contribution in [3.63, 3.8) is 0 Å². The first-order valence-corrected chi connectivity index (χ1v) is 14.5. The molecule has 0 bridgehead atoms. The SMILES string of the molecule is CC(c1ccc(F)cc1COS(C)(=O)=O)n1nnc2c1CCN(c1cnn(C3CCCCO3)c(=O)c1Cl)C2. The summed E-state index contributed by atoms with van der Waals surface area (Å²) in [6.45, 7) is 3.10. The van der Waals surface area contributed by atoms with E-state index in [1.54, 1.807) is 16.9 Å². The van der Waals surface area contributed by atoms with Crippen molar-refractivity contribution in [2.24, 2.45) is 0 Å². The largest absolute Gasteiger partial charge is 0.362 e. The summed E-state index contributed by atoms with van der Waals surface area (Å²) >= 11 is 6.51. The molecule has 2 unspecified atom stereocenters. The molecule has 0 radical (unpaired) electrons. The van der Waals surface area contributed by atoms with E-state index < -0.39 is 22.2 Å². The Hall–Kier alpha value is -2.87. The van der Waals surface area contributed by atoms with Gasteiger partial charge in [0.05, 0.1) is 43.0 Å². The van der Waals surface area contributed by atoms with E-state index in [9.17, 15) is 17.6 Å². The van der Waals surface area contributed by atoms with Crippen molar-refractivity contribution in [3.05, 3.63) is 68.1 Å². The highest BCUT2D eigenvalue weighted by atomic mass is 35.5. The van der Waals surface area contributed by atoms with Crippen LogP contribution in [0.5, 0.6) is 0 Å². The molecular weight excluding hydrogens is 539 g/mol. The van der Waals surface area contributed by atoms with Crippen LogP contribution in [0.3, 0.4) is 0 Å². The van der Waals surface area contributed by atoms with Gasteiger partial charge >= 0.3 is 0 Å². The summed E-state index contributed by atoms with van der Waals surface area (Å²) in [5.41, 5.74) is 2.82. The summed E-state index contributed by atoms with van der Waals surface area (Å²) in [6, 6.07) is 3.82. The Morgan fingerprint density at radius 3 is 2.87 bits per heavy atom. The lowest BCUT2D eigenvalue weighted by molar-refractivity contribution is -0.0424. The fraction of sp³-hybridized carbons (Fsp3) is 0.500. The number of halogens is 2. The highest BCUT2D eigenvalue weighted by Crippen LogP contribution is 2.31. The van der Waals surface area contributed by atoms with Crippen molar-refractivity contribution in [1.82, 2.24) is 24.8 Å². The second-order valence-corrected chi connectivity index (χ2v) is 11.5. The number of benzene rings is 1. The number of hydrogen-bond donors (Lipinski definition) is 0. The molecule has 1 fully saturated rings. The maximum absolute atomic E-state index is 14.0. The number of anilines is 1. The van der Waals surface area contributed by atoms with Crippen LogP contribution < -0.4 is 10.5 Å². The zero-order valence-corrected chi connectivity index (χ0v) is 22.6. The molecule has 2 aliphatic rings. The Kier molecular flexibility index (Phi) is 7.54. The standard InChI is InChI=1S/C24H28ClFN6O5S/c1-15(18-7-6-17(26)11-16(18)14-37-38(2,34)35)31-20-8-9-30(13-19(20)28-29-31)21-12-27-32(24(33)23(21)25)22-5-3-4-10-36-22/h6-7,11-12,15,22H,3-5,8-10,13-14H2,1-2H3. The molecule has 1 saturated heterocycles. The highest BCUT2D eigenvalue weighted by molar-refractivity contribution is 7.85. The molecule has 2 aliphatic heterocycles. The Morgan fingerprint density at radius 2 is 2.13 bits per heavy atom. The molecule has 0 amide bonds. The van der Waals surface area contributed by atoms with Gasteiger partial charge in [-0.3, -0.25) is 8.98 Å². The summed E-state index contributed by atoms with van der Waals surface area (Å²) in [7, 11) is -3.70. The van der Waals surface area contributed by atoms with Crippen LogP contribution in [-0.2, 0) is 38.6 Å². The highest BCUT2D eigenvalue weighted by Gasteiger charge is 2.29. The molecule has 3 aromatic rings. The van der Waals surface area contributed by atoms with Crippen molar-refractivity contribution in [2.45, 2.75) is 58.0 Å². The van der Waals surface area contributed by atoms with E-state index >= 15 is 0 Å². The van der Waals surface area contributed by atoms with E-state index in [0.717, 1.165) is 30.5 Å². The quantitative estimate of drug-likeness (QED) is 0.397. The Labute approximate surface area is 224 Å². The van der Waals surface area contributed by atoms with Gasteiger partial charge in [-0.25, -0.2) is 9.07 Å². The monoisotopic (exact) mass is 566 g/mol. The summed E-state index contributed by atoms with van der Waals surface area (Å²) in [5.74, 6) is -0.494. The zero-order valence-electron chi connectivity index (χ0n) is 21.0. The van der Waals surface area contributed by atoms with Gasteiger partial charge in [-0.2, -0.15) is 18.2 Å². The Bertz CT molecular complexity index is 1500. The molecule has 0 N–H and O–H groups in total. The van der Waals surface area contributed by atoms with Crippen LogP contribution in [0.15, 0.2) is 29.2 Å². The normalized spacial score (nSPS) is 18.8. The molecule has 1 aromatic carbocycles. The van der Waals surface area contributed by atoms with Crippen LogP contribution in [0, 0.1) is 5.82 Å². The topological polar surface area (TPSA) is 121 Å². The number of fused-ring (bicyclic) bond motifs is 1. The van der Waals surface area contributed by atoms with Crippen molar-refractivity contribution in [1.29, 1.82) is 0 Å². The van der Waals surface area contributed by atoms with Gasteiger partial charge in [-0.15, -0.1) is 5.10 Å². The zero-order chi connectivity index (χ0) is 27.0. The summed E-state index contributed by atoms with van der Waals surface area (Å²) < 4.78 is 50.6. The number of nitrogens with zero attached hydrogens (tertiary/aromatic N) is 6. The van der Waals surface area contributed by atoms with Crippen molar-refractivity contribution in [2.75, 3.05) is 24.3 Å². The lowest BCUT2D eigenvalue weighted by Gasteiger charge is -2.30. The summed E-state index contributed by atoms with van der Waals surface area (Å²) in [6.07, 6.45) is 5.33. The summed E-state index contributed by atoms with van der Waals surface area (Å²) in [5, 5.41) is 13.1. The van der Waals surface area contributed by atoms with Crippen LogP contribution in [0.1, 0.15) is 61.0 Å². The van der Waals surface area contributed by atoms with E-state index in [1.807, 2.05) is 11.8 Å². The number of aromatic nitrogens is 5. The lowest BCUT2D eigenvalue weighted by Crippen LogP contribution is -2.36. The Balaban J connectivity index is 1.38. The molecule has 2 aromatic heterocycles. The van der Waals surface area contributed by atoms with E-state index in [0.29, 0.717) is 49.4 Å². The van der Waals surface area contributed by atoms with Gasteiger partial charge in [0.2, 0.25) is 0 Å². The van der Waals surface area contributed by atoms with Crippen LogP contribution in [0.4, 0.5) is 10.1 Å². The first-order chi connectivity index (χ1) is 18.1. The van der Waals surface area contributed by atoms with Crippen LogP contribution in [0.25, 0.3) is 0 Å². The average molecular weight is 567 g/mol. The van der Waals surface area contributed by atoms with Crippen LogP contribution in [0.2, 0.25) is 5.02 Å². The molecule has 0 aliphatic carbocycles. The van der Waals surface area contributed by atoms with Gasteiger partial charge in [-0.05, 0) is 49.4 Å². The van der Waals surface area contributed by atoms with Crippen molar-refractivity contribution in [3.8, 4) is 0 Å². The van der Waals surface area contributed by atoms with Gasteiger partial charge in [0.25, 0.3) is 15.7 Å². The minimum atomic E-state index is -3.70. The molecular formula is C24H28ClFN6O5S. The van der Waals surface area contributed by atoms with Crippen molar-refractivity contribution >= 4 is 27.4 Å². The van der Waals surface area contributed by atoms with Gasteiger partial charge in [0.1, 0.15) is 16.5 Å². The van der Waals surface area contributed by atoms with E-state index in [2.05, 4.69) is 15.4 Å². The third-order valence-corrected chi connectivity index (χ3v) is 7.78. The molecule has 11 nitrogen and oxygen atoms in total. The van der Waals surface area contributed by atoms with Crippen LogP contribution >= 0.6 is 11.6 Å². The predicted octanol–water partition coefficient (Wildman–Crippen LogP) is 2.97. The van der Waals surface area contributed by atoms with Crippen LogP contribution in [-0.4, -0.2) is 52.6 Å². The van der Waals surface area contributed by atoms with Gasteiger partial charge in [0.15, 0.2) is 6.23 Å². The first-order valence-electron chi connectivity index (χ1n) is 12.3. The third-order valence-electron chi connectivity index (χ3n) is 6.88. The van der Waals surface area contributed by atoms with E-state index in [1.165, 1.54) is 16.8 Å². The maximum Gasteiger partial charge on any atom is 0.290 e. The second kappa shape index (κ2) is 10.7. The van der Waals surface area contributed by atoms with E-state index in [4.69, 9.17) is 20.5 Å². The molecule has 0 spiro atoms.